The van der Waals surface area contributed by atoms with E-state index in [4.69, 9.17) is 0 Å². The van der Waals surface area contributed by atoms with Crippen LogP contribution in [0.2, 0.25) is 0 Å². The predicted molar refractivity (Wildman–Crippen MR) is 70.8 cm³/mol. The lowest BCUT2D eigenvalue weighted by molar-refractivity contribution is 0.936. The Hall–Kier alpha value is -0.750. The van der Waals surface area contributed by atoms with Crippen LogP contribution in [0.4, 0.5) is 0 Å². The molecule has 1 aromatic carbocycles. The van der Waals surface area contributed by atoms with Crippen LogP contribution in [0.1, 0.15) is 38.3 Å². The van der Waals surface area contributed by atoms with Gasteiger partial charge in [-0.05, 0) is 44.2 Å². The minimum atomic E-state index is 0. The number of hydrogen-bond donors (Lipinski definition) is 0. The summed E-state index contributed by atoms with van der Waals surface area (Å²) in [5.41, 5.74) is 4.35. The summed E-state index contributed by atoms with van der Waals surface area (Å²) in [6, 6.07) is 8.98. The van der Waals surface area contributed by atoms with E-state index in [0.717, 1.165) is 6.42 Å². The molecule has 0 saturated heterocycles. The van der Waals surface area contributed by atoms with Crippen molar-refractivity contribution in [2.45, 2.75) is 40.0 Å². The Bertz CT molecular complexity index is 296. The SMILES string of the molecule is C/C=C(\C)CCc1ccc(CC)cc1.Cl. The molecular weight excluding hydrogens is 204 g/mol. The molecule has 0 aromatic heterocycles. The average molecular weight is 225 g/mol. The van der Waals surface area contributed by atoms with Gasteiger partial charge < -0.3 is 0 Å². The van der Waals surface area contributed by atoms with Crippen molar-refractivity contribution in [2.75, 3.05) is 0 Å². The van der Waals surface area contributed by atoms with Crippen molar-refractivity contribution in [1.82, 2.24) is 0 Å². The van der Waals surface area contributed by atoms with Crippen LogP contribution >= 0.6 is 12.4 Å². The highest BCUT2D eigenvalue weighted by atomic mass is 35.5. The van der Waals surface area contributed by atoms with Gasteiger partial charge in [-0.25, -0.2) is 0 Å². The normalized spacial score (nSPS) is 11.0. The lowest BCUT2D eigenvalue weighted by atomic mass is 10.0. The molecule has 0 spiro atoms. The summed E-state index contributed by atoms with van der Waals surface area (Å²) in [4.78, 5) is 0. The van der Waals surface area contributed by atoms with Crippen LogP contribution in [-0.4, -0.2) is 0 Å². The Labute approximate surface area is 99.8 Å². The van der Waals surface area contributed by atoms with E-state index in [2.05, 4.69) is 51.1 Å². The van der Waals surface area contributed by atoms with Crippen LogP contribution in [-0.2, 0) is 12.8 Å². The summed E-state index contributed by atoms with van der Waals surface area (Å²) in [5, 5.41) is 0. The van der Waals surface area contributed by atoms with Gasteiger partial charge in [0, 0.05) is 0 Å². The third-order valence-electron chi connectivity index (χ3n) is 2.73. The van der Waals surface area contributed by atoms with Gasteiger partial charge in [-0.15, -0.1) is 12.4 Å². The van der Waals surface area contributed by atoms with Crippen molar-refractivity contribution in [1.29, 1.82) is 0 Å². The van der Waals surface area contributed by atoms with E-state index < -0.39 is 0 Å². The summed E-state index contributed by atoms with van der Waals surface area (Å²) < 4.78 is 0. The van der Waals surface area contributed by atoms with Crippen molar-refractivity contribution in [3.8, 4) is 0 Å². The Balaban J connectivity index is 0.00000196. The second-order valence-corrected chi connectivity index (χ2v) is 3.81. The van der Waals surface area contributed by atoms with Gasteiger partial charge in [0.2, 0.25) is 0 Å². The summed E-state index contributed by atoms with van der Waals surface area (Å²) in [6.45, 7) is 6.49. The number of hydrogen-bond acceptors (Lipinski definition) is 0. The molecular formula is C14H21Cl. The van der Waals surface area contributed by atoms with Crippen molar-refractivity contribution < 1.29 is 0 Å². The zero-order valence-corrected chi connectivity index (χ0v) is 10.7. The van der Waals surface area contributed by atoms with Crippen molar-refractivity contribution >= 4 is 12.4 Å². The first-order valence-electron chi connectivity index (χ1n) is 5.46. The van der Waals surface area contributed by atoms with Gasteiger partial charge in [0.25, 0.3) is 0 Å². The molecule has 0 aliphatic carbocycles. The van der Waals surface area contributed by atoms with Crippen LogP contribution in [0.3, 0.4) is 0 Å². The zero-order chi connectivity index (χ0) is 10.4. The molecule has 0 fully saturated rings. The number of allylic oxidation sites excluding steroid dienone is 2. The Morgan fingerprint density at radius 2 is 1.67 bits per heavy atom. The molecule has 0 nitrogen and oxygen atoms in total. The third-order valence-corrected chi connectivity index (χ3v) is 2.73. The van der Waals surface area contributed by atoms with E-state index in [1.165, 1.54) is 29.5 Å². The second-order valence-electron chi connectivity index (χ2n) is 3.81. The highest BCUT2D eigenvalue weighted by Gasteiger charge is 1.94. The molecule has 0 saturated carbocycles. The Kier molecular flexibility index (Phi) is 7.15. The maximum atomic E-state index is 2.25. The summed E-state index contributed by atoms with van der Waals surface area (Å²) in [7, 11) is 0. The lowest BCUT2D eigenvalue weighted by Gasteiger charge is -2.03. The number of halogens is 1. The van der Waals surface area contributed by atoms with Crippen LogP contribution in [0.25, 0.3) is 0 Å². The summed E-state index contributed by atoms with van der Waals surface area (Å²) in [5.74, 6) is 0. The molecule has 1 rings (SSSR count). The van der Waals surface area contributed by atoms with E-state index >= 15 is 0 Å². The van der Waals surface area contributed by atoms with Gasteiger partial charge in [0.05, 0.1) is 0 Å². The van der Waals surface area contributed by atoms with Gasteiger partial charge in [0.1, 0.15) is 0 Å². The van der Waals surface area contributed by atoms with Gasteiger partial charge >= 0.3 is 0 Å². The van der Waals surface area contributed by atoms with Crippen LogP contribution in [0.15, 0.2) is 35.9 Å². The maximum absolute atomic E-state index is 2.25. The molecule has 0 unspecified atom stereocenters. The number of aryl methyl sites for hydroxylation is 2. The maximum Gasteiger partial charge on any atom is -0.0242 e. The minimum Gasteiger partial charge on any atom is -0.147 e. The standard InChI is InChI=1S/C14H20.ClH/c1-4-12(3)6-7-14-10-8-13(5-2)9-11-14;/h4,8-11H,5-7H2,1-3H3;1H/b12-4+;. The van der Waals surface area contributed by atoms with Gasteiger partial charge in [-0.1, -0.05) is 42.8 Å². The molecule has 1 aromatic rings. The van der Waals surface area contributed by atoms with Crippen molar-refractivity contribution in [2.24, 2.45) is 0 Å². The fraction of sp³-hybridized carbons (Fsp3) is 0.429. The summed E-state index contributed by atoms with van der Waals surface area (Å²) in [6.07, 6.45) is 5.68. The fourth-order valence-electron chi connectivity index (χ4n) is 1.43. The molecule has 0 N–H and O–H groups in total. The second kappa shape index (κ2) is 7.53. The van der Waals surface area contributed by atoms with Crippen LogP contribution < -0.4 is 0 Å². The zero-order valence-electron chi connectivity index (χ0n) is 9.92. The first-order chi connectivity index (χ1) is 6.76. The molecule has 1 heteroatoms. The Morgan fingerprint density at radius 1 is 1.13 bits per heavy atom. The van der Waals surface area contributed by atoms with E-state index in [9.17, 15) is 0 Å². The lowest BCUT2D eigenvalue weighted by Crippen LogP contribution is -1.87. The molecule has 0 amide bonds. The van der Waals surface area contributed by atoms with E-state index in [1.54, 1.807) is 0 Å². The number of rotatable bonds is 4. The van der Waals surface area contributed by atoms with Crippen LogP contribution in [0.5, 0.6) is 0 Å². The molecule has 0 aliphatic rings. The molecule has 15 heavy (non-hydrogen) atoms. The largest absolute Gasteiger partial charge is 0.147 e. The fourth-order valence-corrected chi connectivity index (χ4v) is 1.43. The quantitative estimate of drug-likeness (QED) is 0.658. The number of benzene rings is 1. The Morgan fingerprint density at radius 3 is 2.13 bits per heavy atom. The minimum absolute atomic E-state index is 0. The predicted octanol–water partition coefficient (Wildman–Crippen LogP) is 4.57. The van der Waals surface area contributed by atoms with Gasteiger partial charge in [0.15, 0.2) is 0 Å². The third kappa shape index (κ3) is 5.03. The molecule has 84 valence electrons. The van der Waals surface area contributed by atoms with Gasteiger partial charge in [-0.2, -0.15) is 0 Å². The van der Waals surface area contributed by atoms with E-state index in [0.29, 0.717) is 0 Å². The topological polar surface area (TPSA) is 0 Å². The van der Waals surface area contributed by atoms with Crippen LogP contribution in [0, 0.1) is 0 Å². The molecule has 0 radical (unpaired) electrons. The molecule has 0 atom stereocenters. The molecule has 0 aliphatic heterocycles. The molecule has 0 heterocycles. The summed E-state index contributed by atoms with van der Waals surface area (Å²) >= 11 is 0. The van der Waals surface area contributed by atoms with E-state index in [-0.39, 0.29) is 12.4 Å². The first-order valence-corrected chi connectivity index (χ1v) is 5.46. The monoisotopic (exact) mass is 224 g/mol. The van der Waals surface area contributed by atoms with Crippen molar-refractivity contribution in [3.63, 3.8) is 0 Å². The smallest absolute Gasteiger partial charge is 0.0242 e. The highest BCUT2D eigenvalue weighted by Crippen LogP contribution is 2.10. The van der Waals surface area contributed by atoms with Crippen molar-refractivity contribution in [3.05, 3.63) is 47.0 Å². The molecule has 0 bridgehead atoms. The average Bonchev–Trinajstić information content (AvgIpc) is 2.26. The van der Waals surface area contributed by atoms with Gasteiger partial charge in [-0.3, -0.25) is 0 Å². The highest BCUT2D eigenvalue weighted by molar-refractivity contribution is 5.85. The van der Waals surface area contributed by atoms with E-state index in [1.807, 2.05) is 0 Å². The first kappa shape index (κ1) is 14.2.